The SMILES string of the molecule is CC1(c2ccccc2Cl)CC1NC(=O)C1(C2(O)CCNCC2)CCC1. The van der Waals surface area contributed by atoms with Crippen LogP contribution in [0.25, 0.3) is 0 Å². The van der Waals surface area contributed by atoms with E-state index in [1.54, 1.807) is 0 Å². The van der Waals surface area contributed by atoms with Crippen LogP contribution in [0, 0.1) is 5.41 Å². The first-order valence-corrected chi connectivity index (χ1v) is 9.78. The highest BCUT2D eigenvalue weighted by atomic mass is 35.5. The van der Waals surface area contributed by atoms with Gasteiger partial charge >= 0.3 is 0 Å². The van der Waals surface area contributed by atoms with Gasteiger partial charge < -0.3 is 15.7 Å². The third kappa shape index (κ3) is 2.61. The standard InChI is InChI=1S/C20H27ClN2O2/c1-18(14-5-2-3-6-15(14)21)13-16(18)23-17(24)19(7-4-8-19)20(25)9-11-22-12-10-20/h2-3,5-6,16,22,25H,4,7-13H2,1H3,(H,23,24). The number of rotatable bonds is 4. The summed E-state index contributed by atoms with van der Waals surface area (Å²) in [7, 11) is 0. The molecule has 1 aromatic rings. The van der Waals surface area contributed by atoms with E-state index < -0.39 is 11.0 Å². The van der Waals surface area contributed by atoms with Crippen LogP contribution < -0.4 is 10.6 Å². The summed E-state index contributed by atoms with van der Waals surface area (Å²) in [5.41, 5.74) is -0.462. The van der Waals surface area contributed by atoms with E-state index in [1.807, 2.05) is 24.3 Å². The number of amides is 1. The molecule has 1 aromatic carbocycles. The van der Waals surface area contributed by atoms with Crippen LogP contribution in [0.5, 0.6) is 0 Å². The van der Waals surface area contributed by atoms with Gasteiger partial charge in [-0.2, -0.15) is 0 Å². The molecule has 2 atom stereocenters. The molecule has 4 rings (SSSR count). The average Bonchev–Trinajstić information content (AvgIpc) is 3.17. The molecule has 3 N–H and O–H groups in total. The number of piperidine rings is 1. The molecule has 4 nitrogen and oxygen atoms in total. The van der Waals surface area contributed by atoms with Crippen molar-refractivity contribution in [2.75, 3.05) is 13.1 Å². The van der Waals surface area contributed by atoms with E-state index in [1.165, 1.54) is 0 Å². The summed E-state index contributed by atoms with van der Waals surface area (Å²) in [5, 5.41) is 18.5. The van der Waals surface area contributed by atoms with Gasteiger partial charge in [0.15, 0.2) is 0 Å². The fourth-order valence-corrected chi connectivity index (χ4v) is 5.20. The first kappa shape index (κ1) is 17.3. The van der Waals surface area contributed by atoms with Crippen LogP contribution in [0.1, 0.15) is 51.0 Å². The number of halogens is 1. The third-order valence-corrected chi connectivity index (χ3v) is 7.32. The summed E-state index contributed by atoms with van der Waals surface area (Å²) < 4.78 is 0. The summed E-state index contributed by atoms with van der Waals surface area (Å²) in [6, 6.07) is 7.98. The summed E-state index contributed by atoms with van der Waals surface area (Å²) in [4.78, 5) is 13.2. The molecule has 1 aliphatic heterocycles. The smallest absolute Gasteiger partial charge is 0.229 e. The van der Waals surface area contributed by atoms with Crippen molar-refractivity contribution in [1.82, 2.24) is 10.6 Å². The second-order valence-electron chi connectivity index (χ2n) is 8.34. The molecule has 1 heterocycles. The van der Waals surface area contributed by atoms with Gasteiger partial charge in [-0.25, -0.2) is 0 Å². The van der Waals surface area contributed by atoms with Gasteiger partial charge in [0, 0.05) is 16.5 Å². The molecule has 136 valence electrons. The summed E-state index contributed by atoms with van der Waals surface area (Å²) in [6.45, 7) is 3.73. The van der Waals surface area contributed by atoms with Crippen LogP contribution in [0.3, 0.4) is 0 Å². The summed E-state index contributed by atoms with van der Waals surface area (Å²) in [5.74, 6) is 0.0453. The summed E-state index contributed by atoms with van der Waals surface area (Å²) >= 11 is 6.36. The Hall–Kier alpha value is -1.10. The highest BCUT2D eigenvalue weighted by Crippen LogP contribution is 2.55. The zero-order valence-electron chi connectivity index (χ0n) is 14.8. The molecule has 0 radical (unpaired) electrons. The number of hydrogen-bond donors (Lipinski definition) is 3. The molecular weight excluding hydrogens is 336 g/mol. The van der Waals surface area contributed by atoms with Crippen molar-refractivity contribution in [2.24, 2.45) is 5.41 Å². The maximum absolute atomic E-state index is 13.2. The van der Waals surface area contributed by atoms with Gasteiger partial charge in [0.25, 0.3) is 0 Å². The topological polar surface area (TPSA) is 61.4 Å². The van der Waals surface area contributed by atoms with Crippen molar-refractivity contribution < 1.29 is 9.90 Å². The van der Waals surface area contributed by atoms with E-state index in [-0.39, 0.29) is 17.4 Å². The zero-order chi connectivity index (χ0) is 17.7. The Kier molecular flexibility index (Phi) is 4.13. The van der Waals surface area contributed by atoms with Crippen LogP contribution in [0.2, 0.25) is 5.02 Å². The molecule has 2 saturated carbocycles. The van der Waals surface area contributed by atoms with Crippen molar-refractivity contribution in [3.63, 3.8) is 0 Å². The Morgan fingerprint density at radius 3 is 2.52 bits per heavy atom. The lowest BCUT2D eigenvalue weighted by atomic mass is 9.55. The Labute approximate surface area is 154 Å². The van der Waals surface area contributed by atoms with Crippen LogP contribution in [0.15, 0.2) is 24.3 Å². The Morgan fingerprint density at radius 2 is 1.92 bits per heavy atom. The number of nitrogens with one attached hydrogen (secondary N) is 2. The van der Waals surface area contributed by atoms with Crippen LogP contribution >= 0.6 is 11.6 Å². The Balaban J connectivity index is 1.50. The van der Waals surface area contributed by atoms with E-state index >= 15 is 0 Å². The Morgan fingerprint density at radius 1 is 1.24 bits per heavy atom. The molecule has 2 unspecified atom stereocenters. The molecule has 25 heavy (non-hydrogen) atoms. The van der Waals surface area contributed by atoms with Crippen molar-refractivity contribution in [1.29, 1.82) is 0 Å². The van der Waals surface area contributed by atoms with Gasteiger partial charge in [0.2, 0.25) is 5.91 Å². The number of carbonyl (C=O) groups is 1. The zero-order valence-corrected chi connectivity index (χ0v) is 15.5. The lowest BCUT2D eigenvalue weighted by molar-refractivity contribution is -0.173. The van der Waals surface area contributed by atoms with Gasteiger partial charge in [-0.1, -0.05) is 43.1 Å². The molecule has 1 saturated heterocycles. The predicted molar refractivity (Wildman–Crippen MR) is 98.7 cm³/mol. The number of aliphatic hydroxyl groups is 1. The largest absolute Gasteiger partial charge is 0.389 e. The lowest BCUT2D eigenvalue weighted by Gasteiger charge is -2.53. The maximum Gasteiger partial charge on any atom is 0.229 e. The minimum absolute atomic E-state index is 0.0453. The molecular formula is C20H27ClN2O2. The maximum atomic E-state index is 13.2. The quantitative estimate of drug-likeness (QED) is 0.771. The highest BCUT2D eigenvalue weighted by molar-refractivity contribution is 6.31. The van der Waals surface area contributed by atoms with Crippen LogP contribution in [-0.4, -0.2) is 35.7 Å². The van der Waals surface area contributed by atoms with Gasteiger partial charge in [-0.3, -0.25) is 4.79 Å². The van der Waals surface area contributed by atoms with Gasteiger partial charge in [0.05, 0.1) is 11.0 Å². The van der Waals surface area contributed by atoms with Crippen molar-refractivity contribution in [2.45, 2.75) is 62.5 Å². The van der Waals surface area contributed by atoms with E-state index in [4.69, 9.17) is 11.6 Å². The van der Waals surface area contributed by atoms with Gasteiger partial charge in [-0.15, -0.1) is 0 Å². The van der Waals surface area contributed by atoms with Crippen LogP contribution in [-0.2, 0) is 10.2 Å². The fraction of sp³-hybridized carbons (Fsp3) is 0.650. The molecule has 5 heteroatoms. The second-order valence-corrected chi connectivity index (χ2v) is 8.75. The number of hydrogen-bond acceptors (Lipinski definition) is 3. The number of carbonyl (C=O) groups excluding carboxylic acids is 1. The minimum atomic E-state index is -0.865. The highest BCUT2D eigenvalue weighted by Gasteiger charge is 2.61. The first-order chi connectivity index (χ1) is 11.9. The minimum Gasteiger partial charge on any atom is -0.389 e. The molecule has 0 aromatic heterocycles. The molecule has 3 fully saturated rings. The number of benzene rings is 1. The van der Waals surface area contributed by atoms with Crippen molar-refractivity contribution in [3.05, 3.63) is 34.9 Å². The van der Waals surface area contributed by atoms with E-state index in [0.29, 0.717) is 12.8 Å². The van der Waals surface area contributed by atoms with E-state index in [9.17, 15) is 9.90 Å². The normalized spacial score (nSPS) is 32.5. The molecule has 1 amide bonds. The average molecular weight is 363 g/mol. The van der Waals surface area contributed by atoms with E-state index in [0.717, 1.165) is 49.4 Å². The molecule has 3 aliphatic rings. The molecule has 2 aliphatic carbocycles. The third-order valence-electron chi connectivity index (χ3n) is 6.99. The lowest BCUT2D eigenvalue weighted by Crippen LogP contribution is -2.64. The molecule has 0 spiro atoms. The van der Waals surface area contributed by atoms with Crippen molar-refractivity contribution in [3.8, 4) is 0 Å². The van der Waals surface area contributed by atoms with Gasteiger partial charge in [0.1, 0.15) is 0 Å². The predicted octanol–water partition coefficient (Wildman–Crippen LogP) is 2.77. The fourth-order valence-electron chi connectivity index (χ4n) is 4.85. The second kappa shape index (κ2) is 5.97. The van der Waals surface area contributed by atoms with E-state index in [2.05, 4.69) is 17.6 Å². The molecule has 0 bridgehead atoms. The summed E-state index contributed by atoms with van der Waals surface area (Å²) in [6.07, 6.45) is 4.84. The van der Waals surface area contributed by atoms with Gasteiger partial charge in [-0.05, 0) is 56.8 Å². The van der Waals surface area contributed by atoms with Crippen LogP contribution in [0.4, 0.5) is 0 Å². The first-order valence-electron chi connectivity index (χ1n) is 9.40. The van der Waals surface area contributed by atoms with Crippen molar-refractivity contribution >= 4 is 17.5 Å². The Bertz CT molecular complexity index is 682. The monoisotopic (exact) mass is 362 g/mol.